The standard InChI is InChI=1S/C13H17FN2O3/c1-3-9(4-2)8-15-13(17)10-5-11(14)7-12(6-10)16(18)19/h5-7,9H,3-4,8H2,1-2H3,(H,15,17). The number of amides is 1. The number of nitrogens with one attached hydrogen (secondary N) is 1. The van der Waals surface area contributed by atoms with Gasteiger partial charge in [-0.3, -0.25) is 14.9 Å². The van der Waals surface area contributed by atoms with Crippen LogP contribution in [-0.2, 0) is 0 Å². The number of nitro benzene ring substituents is 1. The van der Waals surface area contributed by atoms with Gasteiger partial charge in [0.15, 0.2) is 0 Å². The van der Waals surface area contributed by atoms with Crippen molar-refractivity contribution in [2.45, 2.75) is 26.7 Å². The molecule has 0 atom stereocenters. The van der Waals surface area contributed by atoms with Crippen LogP contribution in [0.3, 0.4) is 0 Å². The SMILES string of the molecule is CCC(CC)CNC(=O)c1cc(F)cc([N+](=O)[O-])c1. The average molecular weight is 268 g/mol. The Balaban J connectivity index is 2.79. The Morgan fingerprint density at radius 3 is 2.53 bits per heavy atom. The molecule has 0 aliphatic rings. The third-order valence-corrected chi connectivity index (χ3v) is 3.06. The fraction of sp³-hybridized carbons (Fsp3) is 0.462. The molecular weight excluding hydrogens is 251 g/mol. The minimum atomic E-state index is -0.790. The molecule has 1 amide bonds. The molecule has 0 aliphatic heterocycles. The van der Waals surface area contributed by atoms with Gasteiger partial charge in [0.05, 0.1) is 11.0 Å². The van der Waals surface area contributed by atoms with Crippen LogP contribution >= 0.6 is 0 Å². The maximum absolute atomic E-state index is 13.2. The van der Waals surface area contributed by atoms with E-state index >= 15 is 0 Å². The minimum Gasteiger partial charge on any atom is -0.352 e. The molecule has 5 nitrogen and oxygen atoms in total. The molecule has 0 saturated heterocycles. The monoisotopic (exact) mass is 268 g/mol. The molecule has 0 radical (unpaired) electrons. The van der Waals surface area contributed by atoms with Crippen LogP contribution < -0.4 is 5.32 Å². The third kappa shape index (κ3) is 4.31. The topological polar surface area (TPSA) is 72.2 Å². The molecule has 0 heterocycles. The molecule has 0 spiro atoms. The molecule has 1 rings (SSSR count). The van der Waals surface area contributed by atoms with Crippen LogP contribution in [0.2, 0.25) is 0 Å². The second-order valence-corrected chi connectivity index (χ2v) is 4.35. The molecule has 0 aliphatic carbocycles. The van der Waals surface area contributed by atoms with Crippen molar-refractivity contribution in [2.75, 3.05) is 6.54 Å². The van der Waals surface area contributed by atoms with Crippen LogP contribution in [0.4, 0.5) is 10.1 Å². The van der Waals surface area contributed by atoms with Gasteiger partial charge in [-0.05, 0) is 12.0 Å². The van der Waals surface area contributed by atoms with Gasteiger partial charge in [0.2, 0.25) is 0 Å². The second kappa shape index (κ2) is 6.82. The Labute approximate surface area is 111 Å². The minimum absolute atomic E-state index is 0.0299. The zero-order valence-corrected chi connectivity index (χ0v) is 11.0. The lowest BCUT2D eigenvalue weighted by molar-refractivity contribution is -0.385. The zero-order chi connectivity index (χ0) is 14.4. The van der Waals surface area contributed by atoms with E-state index in [1.165, 1.54) is 0 Å². The molecule has 1 aromatic carbocycles. The first-order chi connectivity index (χ1) is 8.97. The van der Waals surface area contributed by atoms with Gasteiger partial charge in [0.1, 0.15) is 5.82 Å². The molecule has 104 valence electrons. The Kier molecular flexibility index (Phi) is 5.41. The van der Waals surface area contributed by atoms with E-state index in [4.69, 9.17) is 0 Å². The summed E-state index contributed by atoms with van der Waals surface area (Å²) in [6.07, 6.45) is 1.86. The molecular formula is C13H17FN2O3. The van der Waals surface area contributed by atoms with Crippen molar-refractivity contribution >= 4 is 11.6 Å². The highest BCUT2D eigenvalue weighted by Crippen LogP contribution is 2.16. The number of hydrogen-bond donors (Lipinski definition) is 1. The Bertz CT molecular complexity index is 473. The Hall–Kier alpha value is -1.98. The number of halogens is 1. The summed E-state index contributed by atoms with van der Waals surface area (Å²) < 4.78 is 13.2. The summed E-state index contributed by atoms with van der Waals surface area (Å²) in [5.74, 6) is -0.927. The zero-order valence-electron chi connectivity index (χ0n) is 11.0. The largest absolute Gasteiger partial charge is 0.352 e. The molecule has 0 fully saturated rings. The van der Waals surface area contributed by atoms with Crippen LogP contribution in [0.1, 0.15) is 37.0 Å². The van der Waals surface area contributed by atoms with Gasteiger partial charge in [0, 0.05) is 18.2 Å². The number of carbonyl (C=O) groups excluding carboxylic acids is 1. The van der Waals surface area contributed by atoms with Crippen molar-refractivity contribution < 1.29 is 14.1 Å². The van der Waals surface area contributed by atoms with E-state index in [9.17, 15) is 19.3 Å². The lowest BCUT2D eigenvalue weighted by atomic mass is 10.0. The molecule has 0 bridgehead atoms. The summed E-state index contributed by atoms with van der Waals surface area (Å²) in [7, 11) is 0. The van der Waals surface area contributed by atoms with Gasteiger partial charge in [-0.1, -0.05) is 26.7 Å². The third-order valence-electron chi connectivity index (χ3n) is 3.06. The fourth-order valence-corrected chi connectivity index (χ4v) is 1.73. The number of rotatable bonds is 6. The number of benzene rings is 1. The summed E-state index contributed by atoms with van der Waals surface area (Å²) in [5, 5.41) is 13.3. The van der Waals surface area contributed by atoms with E-state index < -0.39 is 22.3 Å². The van der Waals surface area contributed by atoms with Crippen molar-refractivity contribution in [2.24, 2.45) is 5.92 Å². The van der Waals surface area contributed by atoms with Crippen LogP contribution in [0.25, 0.3) is 0 Å². The Morgan fingerprint density at radius 1 is 1.37 bits per heavy atom. The summed E-state index contributed by atoms with van der Waals surface area (Å²) >= 11 is 0. The molecule has 0 saturated carbocycles. The summed E-state index contributed by atoms with van der Waals surface area (Å²) in [4.78, 5) is 21.7. The second-order valence-electron chi connectivity index (χ2n) is 4.35. The van der Waals surface area contributed by atoms with Crippen molar-refractivity contribution in [1.29, 1.82) is 0 Å². The highest BCUT2D eigenvalue weighted by molar-refractivity contribution is 5.94. The predicted molar refractivity (Wildman–Crippen MR) is 69.5 cm³/mol. The predicted octanol–water partition coefficient (Wildman–Crippen LogP) is 2.90. The van der Waals surface area contributed by atoms with Gasteiger partial charge < -0.3 is 5.32 Å². The van der Waals surface area contributed by atoms with Gasteiger partial charge >= 0.3 is 0 Å². The van der Waals surface area contributed by atoms with Crippen molar-refractivity contribution in [3.63, 3.8) is 0 Å². The van der Waals surface area contributed by atoms with Crippen molar-refractivity contribution in [1.82, 2.24) is 5.32 Å². The lowest BCUT2D eigenvalue weighted by Gasteiger charge is -2.13. The average Bonchev–Trinajstić information content (AvgIpc) is 2.38. The molecule has 6 heteroatoms. The van der Waals surface area contributed by atoms with Crippen LogP contribution in [-0.4, -0.2) is 17.4 Å². The maximum Gasteiger partial charge on any atom is 0.273 e. The normalized spacial score (nSPS) is 10.5. The number of carbonyl (C=O) groups is 1. The van der Waals surface area contributed by atoms with E-state index in [0.29, 0.717) is 12.5 Å². The molecule has 1 N–H and O–H groups in total. The van der Waals surface area contributed by atoms with Crippen LogP contribution in [0, 0.1) is 21.8 Å². The molecule has 0 aromatic heterocycles. The highest BCUT2D eigenvalue weighted by Gasteiger charge is 2.15. The molecule has 0 unspecified atom stereocenters. The number of nitrogens with zero attached hydrogens (tertiary/aromatic N) is 1. The lowest BCUT2D eigenvalue weighted by Crippen LogP contribution is -2.29. The van der Waals surface area contributed by atoms with Gasteiger partial charge in [-0.15, -0.1) is 0 Å². The summed E-state index contributed by atoms with van der Waals surface area (Å²) in [5.41, 5.74) is -0.453. The van der Waals surface area contributed by atoms with E-state index in [1.54, 1.807) is 0 Å². The molecule has 19 heavy (non-hydrogen) atoms. The van der Waals surface area contributed by atoms with Crippen molar-refractivity contribution in [3.05, 3.63) is 39.7 Å². The van der Waals surface area contributed by atoms with E-state index in [1.807, 2.05) is 13.8 Å². The van der Waals surface area contributed by atoms with E-state index in [2.05, 4.69) is 5.32 Å². The number of nitro groups is 1. The van der Waals surface area contributed by atoms with E-state index in [0.717, 1.165) is 31.0 Å². The van der Waals surface area contributed by atoms with Crippen molar-refractivity contribution in [3.8, 4) is 0 Å². The quantitative estimate of drug-likeness (QED) is 0.637. The van der Waals surface area contributed by atoms with Crippen LogP contribution in [0.5, 0.6) is 0 Å². The first kappa shape index (κ1) is 15.1. The van der Waals surface area contributed by atoms with Gasteiger partial charge in [-0.2, -0.15) is 0 Å². The smallest absolute Gasteiger partial charge is 0.273 e. The molecule has 1 aromatic rings. The first-order valence-corrected chi connectivity index (χ1v) is 6.21. The number of non-ortho nitro benzene ring substituents is 1. The summed E-state index contributed by atoms with van der Waals surface area (Å²) in [6.45, 7) is 4.52. The highest BCUT2D eigenvalue weighted by atomic mass is 19.1. The Morgan fingerprint density at radius 2 is 2.00 bits per heavy atom. The van der Waals surface area contributed by atoms with E-state index in [-0.39, 0.29) is 5.56 Å². The summed E-state index contributed by atoms with van der Waals surface area (Å²) in [6, 6.07) is 2.86. The number of hydrogen-bond acceptors (Lipinski definition) is 3. The fourth-order valence-electron chi connectivity index (χ4n) is 1.73. The van der Waals surface area contributed by atoms with Gasteiger partial charge in [0.25, 0.3) is 11.6 Å². The first-order valence-electron chi connectivity index (χ1n) is 6.21. The van der Waals surface area contributed by atoms with Gasteiger partial charge in [-0.25, -0.2) is 4.39 Å². The maximum atomic E-state index is 13.2. The van der Waals surface area contributed by atoms with Crippen LogP contribution in [0.15, 0.2) is 18.2 Å².